The first-order valence-corrected chi connectivity index (χ1v) is 7.78. The Morgan fingerprint density at radius 3 is 2.33 bits per heavy atom. The summed E-state index contributed by atoms with van der Waals surface area (Å²) in [6, 6.07) is 0. The van der Waals surface area contributed by atoms with E-state index in [-0.39, 0.29) is 16.5 Å². The summed E-state index contributed by atoms with van der Waals surface area (Å²) in [5, 5.41) is 8.72. The molecule has 0 spiro atoms. The molecule has 0 atom stereocenters. The summed E-state index contributed by atoms with van der Waals surface area (Å²) in [5.41, 5.74) is 6.73. The second-order valence-electron chi connectivity index (χ2n) is 7.86. The van der Waals surface area contributed by atoms with Crippen LogP contribution in [0.4, 0.5) is 0 Å². The highest BCUT2D eigenvalue weighted by Gasteiger charge is 2.31. The molecular formula is C16H32N4O. The van der Waals surface area contributed by atoms with Crippen molar-refractivity contribution in [2.75, 3.05) is 13.2 Å². The Morgan fingerprint density at radius 1 is 1.19 bits per heavy atom. The topological polar surface area (TPSA) is 66.0 Å². The van der Waals surface area contributed by atoms with Gasteiger partial charge >= 0.3 is 0 Å². The van der Waals surface area contributed by atoms with Gasteiger partial charge in [0.25, 0.3) is 0 Å². The molecule has 0 aliphatic carbocycles. The minimum atomic E-state index is -0.236. The minimum absolute atomic E-state index is 0.0399. The first-order valence-electron chi connectivity index (χ1n) is 7.78. The van der Waals surface area contributed by atoms with Crippen LogP contribution in [0, 0.1) is 0 Å². The summed E-state index contributed by atoms with van der Waals surface area (Å²) < 4.78 is 7.40. The van der Waals surface area contributed by atoms with Crippen molar-refractivity contribution in [3.05, 3.63) is 11.9 Å². The molecule has 0 aliphatic heterocycles. The van der Waals surface area contributed by atoms with Crippen LogP contribution in [0.25, 0.3) is 0 Å². The molecule has 0 radical (unpaired) electrons. The molecule has 0 saturated carbocycles. The zero-order valence-corrected chi connectivity index (χ0v) is 14.7. The maximum atomic E-state index is 6.15. The molecule has 0 aromatic carbocycles. The van der Waals surface area contributed by atoms with Gasteiger partial charge in [0.15, 0.2) is 0 Å². The lowest BCUT2D eigenvalue weighted by Crippen LogP contribution is -2.42. The SMILES string of the molecule is CCOCCC(C)(C)c1cn(C(C)(C)CC(C)(C)N)nn1. The molecule has 0 saturated heterocycles. The van der Waals surface area contributed by atoms with Gasteiger partial charge in [0.2, 0.25) is 0 Å². The lowest BCUT2D eigenvalue weighted by atomic mass is 9.85. The molecule has 1 aromatic heterocycles. The highest BCUT2D eigenvalue weighted by Crippen LogP contribution is 2.29. The number of hydrogen-bond acceptors (Lipinski definition) is 4. The zero-order valence-electron chi connectivity index (χ0n) is 14.7. The van der Waals surface area contributed by atoms with E-state index in [1.54, 1.807) is 0 Å². The smallest absolute Gasteiger partial charge is 0.0884 e. The molecule has 1 aromatic rings. The van der Waals surface area contributed by atoms with Gasteiger partial charge in [-0.15, -0.1) is 5.10 Å². The van der Waals surface area contributed by atoms with E-state index < -0.39 is 0 Å². The molecule has 1 heterocycles. The molecule has 5 heteroatoms. The van der Waals surface area contributed by atoms with Gasteiger partial charge < -0.3 is 10.5 Å². The Hall–Kier alpha value is -0.940. The van der Waals surface area contributed by atoms with Crippen molar-refractivity contribution in [2.24, 2.45) is 5.73 Å². The van der Waals surface area contributed by atoms with Gasteiger partial charge in [-0.2, -0.15) is 0 Å². The van der Waals surface area contributed by atoms with Gasteiger partial charge in [0.1, 0.15) is 0 Å². The summed E-state index contributed by atoms with van der Waals surface area (Å²) in [5.74, 6) is 0. The fraction of sp³-hybridized carbons (Fsp3) is 0.875. The Morgan fingerprint density at radius 2 is 1.81 bits per heavy atom. The van der Waals surface area contributed by atoms with Crippen LogP contribution in [0.3, 0.4) is 0 Å². The molecule has 0 amide bonds. The van der Waals surface area contributed by atoms with Gasteiger partial charge in [-0.1, -0.05) is 19.1 Å². The monoisotopic (exact) mass is 296 g/mol. The summed E-state index contributed by atoms with van der Waals surface area (Å²) in [6.07, 6.45) is 3.82. The molecular weight excluding hydrogens is 264 g/mol. The lowest BCUT2D eigenvalue weighted by molar-refractivity contribution is 0.129. The summed E-state index contributed by atoms with van der Waals surface area (Å²) in [6.45, 7) is 16.2. The van der Waals surface area contributed by atoms with Gasteiger partial charge in [0.05, 0.1) is 11.2 Å². The third kappa shape index (κ3) is 5.40. The number of rotatable bonds is 8. The predicted molar refractivity (Wildman–Crippen MR) is 86.4 cm³/mol. The zero-order chi connectivity index (χ0) is 16.3. The van der Waals surface area contributed by atoms with Crippen LogP contribution < -0.4 is 5.73 Å². The van der Waals surface area contributed by atoms with Crippen LogP contribution in [0.15, 0.2) is 6.20 Å². The van der Waals surface area contributed by atoms with E-state index in [0.29, 0.717) is 0 Å². The van der Waals surface area contributed by atoms with Crippen LogP contribution in [0.2, 0.25) is 0 Å². The molecule has 0 aliphatic rings. The highest BCUT2D eigenvalue weighted by molar-refractivity contribution is 5.09. The minimum Gasteiger partial charge on any atom is -0.382 e. The van der Waals surface area contributed by atoms with Crippen molar-refractivity contribution in [3.8, 4) is 0 Å². The summed E-state index contributed by atoms with van der Waals surface area (Å²) in [7, 11) is 0. The van der Waals surface area contributed by atoms with Crippen LogP contribution in [-0.2, 0) is 15.7 Å². The second kappa shape index (κ2) is 6.44. The molecule has 0 bridgehead atoms. The Balaban J connectivity index is 2.84. The number of hydrogen-bond donors (Lipinski definition) is 1. The maximum absolute atomic E-state index is 6.15. The van der Waals surface area contributed by atoms with Gasteiger partial charge in [-0.3, -0.25) is 0 Å². The molecule has 0 fully saturated rings. The molecule has 1 rings (SSSR count). The van der Waals surface area contributed by atoms with E-state index >= 15 is 0 Å². The number of ether oxygens (including phenoxy) is 1. The summed E-state index contributed by atoms with van der Waals surface area (Å²) >= 11 is 0. The van der Waals surface area contributed by atoms with E-state index in [1.807, 2.05) is 25.5 Å². The van der Waals surface area contributed by atoms with Crippen LogP contribution in [0.1, 0.15) is 67.0 Å². The summed E-state index contributed by atoms with van der Waals surface area (Å²) in [4.78, 5) is 0. The van der Waals surface area contributed by atoms with Gasteiger partial charge in [0, 0.05) is 30.4 Å². The highest BCUT2D eigenvalue weighted by atomic mass is 16.5. The van der Waals surface area contributed by atoms with Crippen molar-refractivity contribution >= 4 is 0 Å². The second-order valence-corrected chi connectivity index (χ2v) is 7.86. The Bertz CT molecular complexity index is 443. The Labute approximate surface area is 129 Å². The van der Waals surface area contributed by atoms with Gasteiger partial charge in [-0.25, -0.2) is 4.68 Å². The van der Waals surface area contributed by atoms with Gasteiger partial charge in [-0.05, 0) is 47.5 Å². The third-order valence-corrected chi connectivity index (χ3v) is 3.77. The number of nitrogens with two attached hydrogens (primary N) is 1. The van der Waals surface area contributed by atoms with Crippen LogP contribution in [0.5, 0.6) is 0 Å². The molecule has 21 heavy (non-hydrogen) atoms. The maximum Gasteiger partial charge on any atom is 0.0884 e. The van der Waals surface area contributed by atoms with Crippen molar-refractivity contribution in [1.29, 1.82) is 0 Å². The largest absolute Gasteiger partial charge is 0.382 e. The first kappa shape index (κ1) is 18.1. The van der Waals surface area contributed by atoms with E-state index in [0.717, 1.165) is 31.7 Å². The lowest BCUT2D eigenvalue weighted by Gasteiger charge is -2.32. The molecule has 5 nitrogen and oxygen atoms in total. The van der Waals surface area contributed by atoms with Crippen molar-refractivity contribution in [3.63, 3.8) is 0 Å². The Kier molecular flexibility index (Phi) is 5.56. The van der Waals surface area contributed by atoms with Crippen molar-refractivity contribution in [1.82, 2.24) is 15.0 Å². The number of aromatic nitrogens is 3. The van der Waals surface area contributed by atoms with Crippen molar-refractivity contribution < 1.29 is 4.74 Å². The third-order valence-electron chi connectivity index (χ3n) is 3.77. The van der Waals surface area contributed by atoms with E-state index in [4.69, 9.17) is 10.5 Å². The quantitative estimate of drug-likeness (QED) is 0.749. The van der Waals surface area contributed by atoms with Crippen LogP contribution in [-0.4, -0.2) is 33.7 Å². The fourth-order valence-corrected chi connectivity index (χ4v) is 2.67. The number of nitrogens with zero attached hydrogens (tertiary/aromatic N) is 3. The van der Waals surface area contributed by atoms with E-state index in [1.165, 1.54) is 0 Å². The fourth-order valence-electron chi connectivity index (χ4n) is 2.67. The standard InChI is InChI=1S/C16H32N4O/c1-8-21-10-9-14(2,3)13-11-20(19-18-13)16(6,7)12-15(4,5)17/h11H,8-10,12,17H2,1-7H3. The molecule has 0 unspecified atom stereocenters. The van der Waals surface area contributed by atoms with E-state index in [2.05, 4.69) is 44.2 Å². The molecule has 122 valence electrons. The normalized spacial score (nSPS) is 13.7. The van der Waals surface area contributed by atoms with Crippen LogP contribution >= 0.6 is 0 Å². The van der Waals surface area contributed by atoms with E-state index in [9.17, 15) is 0 Å². The first-order chi connectivity index (χ1) is 9.48. The average Bonchev–Trinajstić information content (AvgIpc) is 2.76. The predicted octanol–water partition coefficient (Wildman–Crippen LogP) is 2.84. The molecule has 2 N–H and O–H groups in total. The van der Waals surface area contributed by atoms with Crippen molar-refractivity contribution in [2.45, 2.75) is 77.8 Å². The average molecular weight is 296 g/mol.